The number of guanidine groups is 1. The van der Waals surface area contributed by atoms with Gasteiger partial charge < -0.3 is 44.9 Å². The lowest BCUT2D eigenvalue weighted by atomic mass is 9.45. The molecular weight excluding hydrogens is 977 g/mol. The van der Waals surface area contributed by atoms with E-state index >= 15 is 4.79 Å². The number of allylic oxidation sites excluding steroid dienone is 3. The molecule has 12 rings (SSSR count). The molecule has 7 aliphatic carbocycles. The van der Waals surface area contributed by atoms with Crippen LogP contribution in [0.15, 0.2) is 59.6 Å². The third-order valence-electron chi connectivity index (χ3n) is 22.4. The molecule has 1 saturated heterocycles. The largest absolute Gasteiger partial charge is 0.504 e. The van der Waals surface area contributed by atoms with E-state index in [2.05, 4.69) is 77.2 Å². The number of hydrogen-bond acceptors (Lipinski definition) is 10. The Hall–Kier alpha value is -4.98. The Bertz CT molecular complexity index is 2820. The zero-order valence-electron chi connectivity index (χ0n) is 46.8. The van der Waals surface area contributed by atoms with Crippen LogP contribution in [-0.4, -0.2) is 78.9 Å². The number of carbonyl (C=O) groups is 1. The number of aliphatic hydroxyl groups is 2. The maximum absolute atomic E-state index is 15.9. The number of aliphatic imine (C=N–C) groups is 1. The number of ether oxygens (including phenoxy) is 4. The van der Waals surface area contributed by atoms with E-state index in [1.807, 2.05) is 25.3 Å². The first-order chi connectivity index (χ1) is 37.9. The molecule has 10 aliphatic rings. The van der Waals surface area contributed by atoms with Crippen LogP contribution in [0.1, 0.15) is 153 Å². The van der Waals surface area contributed by atoms with Crippen molar-refractivity contribution in [2.75, 3.05) is 39.7 Å². The van der Waals surface area contributed by atoms with Gasteiger partial charge in [-0.15, -0.1) is 0 Å². The van der Waals surface area contributed by atoms with E-state index in [-0.39, 0.29) is 53.3 Å². The third-order valence-corrected chi connectivity index (χ3v) is 22.4. The first kappa shape index (κ1) is 53.7. The molecule has 2 aromatic rings. The molecule has 3 aliphatic heterocycles. The lowest BCUT2D eigenvalue weighted by Crippen LogP contribution is -2.55. The maximum atomic E-state index is 15.9. The second-order valence-corrected chi connectivity index (χ2v) is 26.1. The van der Waals surface area contributed by atoms with Crippen LogP contribution in [0.5, 0.6) is 23.0 Å². The lowest BCUT2D eigenvalue weighted by molar-refractivity contribution is -0.299. The fraction of sp³-hybridized carbons (Fsp3) is 0.667. The van der Waals surface area contributed by atoms with E-state index in [9.17, 15) is 15.3 Å². The molecule has 6 saturated carbocycles. The van der Waals surface area contributed by atoms with Crippen molar-refractivity contribution in [3.05, 3.63) is 65.8 Å². The number of nitrogens with one attached hydrogen (secondary N) is 3. The first-order valence-corrected chi connectivity index (χ1v) is 30.3. The zero-order chi connectivity index (χ0) is 53.9. The van der Waals surface area contributed by atoms with Crippen molar-refractivity contribution >= 4 is 17.4 Å². The third kappa shape index (κ3) is 9.25. The molecule has 16 atom stereocenters. The van der Waals surface area contributed by atoms with Crippen molar-refractivity contribution in [1.82, 2.24) is 10.6 Å². The number of likely N-dealkylation sites (N-methyl/N-ethyl adjacent to an activating group) is 1. The highest BCUT2D eigenvalue weighted by atomic mass is 16.6. The zero-order valence-corrected chi connectivity index (χ0v) is 46.8. The van der Waals surface area contributed by atoms with Crippen molar-refractivity contribution < 1.29 is 39.1 Å². The summed E-state index contributed by atoms with van der Waals surface area (Å²) in [5.74, 6) is 10.6. The minimum atomic E-state index is -1.24. The molecule has 16 unspecified atom stereocenters. The second kappa shape index (κ2) is 21.5. The van der Waals surface area contributed by atoms with Crippen LogP contribution < -0.4 is 30.2 Å². The molecule has 3 heterocycles. The van der Waals surface area contributed by atoms with E-state index in [1.54, 1.807) is 20.2 Å². The average Bonchev–Trinajstić information content (AvgIpc) is 4.30. The van der Waals surface area contributed by atoms with E-state index in [4.69, 9.17) is 23.9 Å². The van der Waals surface area contributed by atoms with Gasteiger partial charge in [0.05, 0.1) is 18.9 Å². The molecule has 0 radical (unpaired) electrons. The number of nitrogens with zero attached hydrogens (tertiary/aromatic N) is 1. The fourth-order valence-electron chi connectivity index (χ4n) is 19.1. The van der Waals surface area contributed by atoms with Crippen LogP contribution in [0.4, 0.5) is 5.69 Å². The first-order valence-electron chi connectivity index (χ1n) is 30.3. The molecule has 12 heteroatoms. The number of phenolic OH excluding ortho intramolecular Hbond substituents is 1. The Labute approximate surface area is 463 Å². The molecular formula is C66H86N4O8. The van der Waals surface area contributed by atoms with Gasteiger partial charge in [-0.1, -0.05) is 75.2 Å². The number of carbonyl (C=O) groups excluding carboxylic acids is 1. The average molecular weight is 1060 g/mol. The molecule has 6 N–H and O–H groups in total. The molecule has 78 heavy (non-hydrogen) atoms. The SMILES string of the molecule is CCC1CCC2C(C1)C1C=CC(=O)C3(Cc4ccc(O)c(OC)c4)CCCC3CC#CNC(=NC)Nc3cc(cc4c3OC#CCC3CC(CNC)(CC35C=CC3CC6CCCC6OC3(O)C5)O4)C13CCCC3C2CCCO. The molecule has 2 spiro atoms. The maximum Gasteiger partial charge on any atom is 0.207 e. The summed E-state index contributed by atoms with van der Waals surface area (Å²) in [4.78, 5) is 20.6. The summed E-state index contributed by atoms with van der Waals surface area (Å²) >= 11 is 0. The number of aromatic hydroxyl groups is 1. The van der Waals surface area contributed by atoms with Crippen LogP contribution in [0, 0.1) is 94.0 Å². The van der Waals surface area contributed by atoms with Gasteiger partial charge in [0.2, 0.25) is 11.7 Å². The minimum Gasteiger partial charge on any atom is -0.504 e. The molecule has 0 amide bonds. The number of anilines is 1. The Morgan fingerprint density at radius 1 is 0.962 bits per heavy atom. The highest BCUT2D eigenvalue weighted by molar-refractivity contribution is 5.97. The number of phenols is 1. The number of fused-ring (bicyclic) bond motifs is 12. The van der Waals surface area contributed by atoms with Gasteiger partial charge in [0.1, 0.15) is 11.7 Å². The van der Waals surface area contributed by atoms with Gasteiger partial charge in [-0.05, 0) is 192 Å². The summed E-state index contributed by atoms with van der Waals surface area (Å²) < 4.78 is 27.0. The summed E-state index contributed by atoms with van der Waals surface area (Å²) in [5, 5.41) is 44.5. The number of hydrogen-bond donors (Lipinski definition) is 6. The van der Waals surface area contributed by atoms with Crippen LogP contribution in [0.2, 0.25) is 0 Å². The number of aliphatic hydroxyl groups excluding tert-OH is 1. The Kier molecular flexibility index (Phi) is 14.8. The smallest absolute Gasteiger partial charge is 0.207 e. The van der Waals surface area contributed by atoms with Gasteiger partial charge in [-0.3, -0.25) is 15.1 Å². The van der Waals surface area contributed by atoms with Gasteiger partial charge in [0.25, 0.3) is 0 Å². The van der Waals surface area contributed by atoms with E-state index in [1.165, 1.54) is 18.4 Å². The Balaban J connectivity index is 1.02. The summed E-state index contributed by atoms with van der Waals surface area (Å²) in [6.45, 7) is 3.10. The van der Waals surface area contributed by atoms with Gasteiger partial charge >= 0.3 is 0 Å². The molecule has 4 bridgehead atoms. The van der Waals surface area contributed by atoms with Crippen molar-refractivity contribution in [3.63, 3.8) is 0 Å². The summed E-state index contributed by atoms with van der Waals surface area (Å²) in [7, 11) is 5.34. The predicted molar refractivity (Wildman–Crippen MR) is 303 cm³/mol. The monoisotopic (exact) mass is 1060 g/mol. The van der Waals surface area contributed by atoms with Crippen molar-refractivity contribution in [3.8, 4) is 47.0 Å². The van der Waals surface area contributed by atoms with Crippen LogP contribution in [0.25, 0.3) is 0 Å². The Morgan fingerprint density at radius 2 is 1.83 bits per heavy atom. The number of benzene rings is 2. The minimum absolute atomic E-state index is 0.00746. The number of ketones is 1. The normalized spacial score (nSPS) is 40.6. The standard InChI is InChI=1S/C66H86N4O8/c1-5-42-19-21-49-50(16-10-30-71)52-17-8-27-65(52)48-35-54(60-58(36-48)77-63(41-67-2)38-47(15-11-31-76-60)62(39-63)28-25-46-34-44-12-6-18-56(44)78-66(46,74)40-62)70-61(68-3)69-29-9-14-45-13-7-26-64(45,59(73)24-22-53(65)51(49)32-42)37-43-20-23-55(72)57(33-43)75-4/h20,22-25,28,33,35-36,42,44-47,49-53,56,67,71-72,74H,5-8,10,12-19,21,26-27,30,32,34,37-41H2,1-4H3,(H2,68,69,70). The van der Waals surface area contributed by atoms with Crippen molar-refractivity contribution in [2.45, 2.75) is 171 Å². The quantitative estimate of drug-likeness (QED) is 0.105. The van der Waals surface area contributed by atoms with E-state index < -0.39 is 22.2 Å². The molecule has 2 aromatic carbocycles. The van der Waals surface area contributed by atoms with E-state index in [0.29, 0.717) is 103 Å². The van der Waals surface area contributed by atoms with Gasteiger partial charge in [-0.25, -0.2) is 0 Å². The summed E-state index contributed by atoms with van der Waals surface area (Å²) in [6.07, 6.45) is 32.3. The molecule has 0 aromatic heterocycles. The Morgan fingerprint density at radius 3 is 2.67 bits per heavy atom. The molecule has 7 fully saturated rings. The fourth-order valence-corrected chi connectivity index (χ4v) is 19.1. The van der Waals surface area contributed by atoms with Gasteiger partial charge in [-0.2, -0.15) is 0 Å². The summed E-state index contributed by atoms with van der Waals surface area (Å²) in [5.41, 5.74) is 0.625. The number of methoxy groups -OCH3 is 1. The second-order valence-electron chi connectivity index (χ2n) is 26.1. The predicted octanol–water partition coefficient (Wildman–Crippen LogP) is 10.7. The van der Waals surface area contributed by atoms with Crippen molar-refractivity contribution in [2.24, 2.45) is 75.0 Å². The lowest BCUT2D eigenvalue weighted by Gasteiger charge is -2.59. The van der Waals surface area contributed by atoms with E-state index in [0.717, 1.165) is 102 Å². The molecule has 418 valence electrons. The highest BCUT2D eigenvalue weighted by Gasteiger charge is 2.64. The summed E-state index contributed by atoms with van der Waals surface area (Å²) in [6, 6.07) is 13.4. The van der Waals surface area contributed by atoms with Crippen molar-refractivity contribution in [1.29, 1.82) is 0 Å². The number of rotatable bonds is 9. The highest BCUT2D eigenvalue weighted by Crippen LogP contribution is 2.68. The van der Waals surface area contributed by atoms with Crippen LogP contribution >= 0.6 is 0 Å². The molecule has 12 nitrogen and oxygen atoms in total. The topological polar surface area (TPSA) is 163 Å². The van der Waals surface area contributed by atoms with Crippen LogP contribution in [-0.2, 0) is 21.4 Å². The van der Waals surface area contributed by atoms with Gasteiger partial charge in [0.15, 0.2) is 28.8 Å². The van der Waals surface area contributed by atoms with Gasteiger partial charge in [0, 0.05) is 67.7 Å². The van der Waals surface area contributed by atoms with Crippen LogP contribution in [0.3, 0.4) is 0 Å².